The lowest BCUT2D eigenvalue weighted by Gasteiger charge is -2.13. The van der Waals surface area contributed by atoms with Gasteiger partial charge in [0, 0.05) is 29.0 Å². The van der Waals surface area contributed by atoms with Crippen LogP contribution in [0.15, 0.2) is 54.9 Å². The molecule has 3 heteroatoms. The lowest BCUT2D eigenvalue weighted by Crippen LogP contribution is -2.02. The lowest BCUT2D eigenvalue weighted by atomic mass is 9.99. The van der Waals surface area contributed by atoms with Crippen LogP contribution in [0.2, 0.25) is 0 Å². The fourth-order valence-corrected chi connectivity index (χ4v) is 2.18. The first-order valence-electron chi connectivity index (χ1n) is 6.20. The number of aromatic nitrogens is 2. The van der Waals surface area contributed by atoms with Crippen molar-refractivity contribution in [2.24, 2.45) is 0 Å². The maximum Gasteiger partial charge on any atom is 0.106 e. The summed E-state index contributed by atoms with van der Waals surface area (Å²) in [6, 6.07) is 13.5. The van der Waals surface area contributed by atoms with E-state index in [4.69, 9.17) is 0 Å². The Hall–Kier alpha value is -2.26. The van der Waals surface area contributed by atoms with Crippen molar-refractivity contribution in [3.05, 3.63) is 71.7 Å². The maximum atomic E-state index is 10.5. The second-order valence-corrected chi connectivity index (χ2v) is 4.55. The van der Waals surface area contributed by atoms with Gasteiger partial charge >= 0.3 is 0 Å². The molecule has 0 spiro atoms. The standard InChI is InChI=1S/C16H14N2O/c1-11-6-7-12(10-18-11)16(19)14-8-9-17-15-5-3-2-4-13(14)15/h2-10,16,19H,1H3. The Morgan fingerprint density at radius 1 is 1.00 bits per heavy atom. The molecule has 0 saturated carbocycles. The number of nitrogens with zero attached hydrogens (tertiary/aromatic N) is 2. The van der Waals surface area contributed by atoms with E-state index in [-0.39, 0.29) is 0 Å². The monoisotopic (exact) mass is 250 g/mol. The van der Waals surface area contributed by atoms with Crippen molar-refractivity contribution in [1.29, 1.82) is 0 Å². The van der Waals surface area contributed by atoms with Gasteiger partial charge in [-0.3, -0.25) is 9.97 Å². The SMILES string of the molecule is Cc1ccc(C(O)c2ccnc3ccccc23)cn1. The predicted molar refractivity (Wildman–Crippen MR) is 74.8 cm³/mol. The maximum absolute atomic E-state index is 10.5. The van der Waals surface area contributed by atoms with Gasteiger partial charge in [-0.2, -0.15) is 0 Å². The van der Waals surface area contributed by atoms with Crippen molar-refractivity contribution in [2.75, 3.05) is 0 Å². The van der Waals surface area contributed by atoms with Crippen LogP contribution in [-0.2, 0) is 0 Å². The Balaban J connectivity index is 2.11. The van der Waals surface area contributed by atoms with Crippen molar-refractivity contribution < 1.29 is 5.11 Å². The second kappa shape index (κ2) is 4.78. The molecular formula is C16H14N2O. The van der Waals surface area contributed by atoms with Crippen LogP contribution in [0, 0.1) is 6.92 Å². The van der Waals surface area contributed by atoms with Crippen molar-refractivity contribution >= 4 is 10.9 Å². The number of aliphatic hydroxyl groups is 1. The van der Waals surface area contributed by atoms with Crippen LogP contribution in [0.5, 0.6) is 0 Å². The molecule has 3 aromatic rings. The highest BCUT2D eigenvalue weighted by molar-refractivity contribution is 5.82. The number of fused-ring (bicyclic) bond motifs is 1. The van der Waals surface area contributed by atoms with Crippen LogP contribution in [0.4, 0.5) is 0 Å². The van der Waals surface area contributed by atoms with Gasteiger partial charge in [0.05, 0.1) is 5.52 Å². The molecule has 0 radical (unpaired) electrons. The molecule has 0 bridgehead atoms. The zero-order chi connectivity index (χ0) is 13.2. The molecule has 3 rings (SSSR count). The summed E-state index contributed by atoms with van der Waals surface area (Å²) in [6.45, 7) is 1.93. The van der Waals surface area contributed by atoms with Gasteiger partial charge in [0.1, 0.15) is 6.10 Å². The highest BCUT2D eigenvalue weighted by atomic mass is 16.3. The molecule has 1 aromatic carbocycles. The molecule has 19 heavy (non-hydrogen) atoms. The third kappa shape index (κ3) is 2.20. The summed E-state index contributed by atoms with van der Waals surface area (Å²) >= 11 is 0. The average Bonchev–Trinajstić information content (AvgIpc) is 2.47. The highest BCUT2D eigenvalue weighted by Gasteiger charge is 2.13. The van der Waals surface area contributed by atoms with E-state index in [9.17, 15) is 5.11 Å². The molecule has 94 valence electrons. The zero-order valence-electron chi connectivity index (χ0n) is 10.6. The van der Waals surface area contributed by atoms with Gasteiger partial charge in [0.2, 0.25) is 0 Å². The molecule has 1 atom stereocenters. The minimum Gasteiger partial charge on any atom is -0.384 e. The lowest BCUT2D eigenvalue weighted by molar-refractivity contribution is 0.221. The molecule has 0 saturated heterocycles. The third-order valence-corrected chi connectivity index (χ3v) is 3.23. The van der Waals surface area contributed by atoms with E-state index in [1.807, 2.05) is 49.4 Å². The second-order valence-electron chi connectivity index (χ2n) is 4.55. The molecule has 2 aromatic heterocycles. The summed E-state index contributed by atoms with van der Waals surface area (Å²) in [5.74, 6) is 0. The molecule has 0 aliphatic rings. The number of para-hydroxylation sites is 1. The van der Waals surface area contributed by atoms with Crippen LogP contribution < -0.4 is 0 Å². The van der Waals surface area contributed by atoms with E-state index in [1.165, 1.54) is 0 Å². The largest absolute Gasteiger partial charge is 0.384 e. The van der Waals surface area contributed by atoms with Gasteiger partial charge in [-0.15, -0.1) is 0 Å². The topological polar surface area (TPSA) is 46.0 Å². The first-order chi connectivity index (χ1) is 9.25. The minimum atomic E-state index is -0.680. The van der Waals surface area contributed by atoms with E-state index < -0.39 is 6.10 Å². The van der Waals surface area contributed by atoms with E-state index >= 15 is 0 Å². The van der Waals surface area contributed by atoms with Crippen molar-refractivity contribution in [3.8, 4) is 0 Å². The van der Waals surface area contributed by atoms with E-state index in [0.717, 1.165) is 27.7 Å². The number of aryl methyl sites for hydroxylation is 1. The molecule has 1 unspecified atom stereocenters. The molecule has 0 aliphatic heterocycles. The smallest absolute Gasteiger partial charge is 0.106 e. The average molecular weight is 250 g/mol. The van der Waals surface area contributed by atoms with Gasteiger partial charge in [0.25, 0.3) is 0 Å². The minimum absolute atomic E-state index is 0.680. The normalized spacial score (nSPS) is 12.5. The number of pyridine rings is 2. The summed E-state index contributed by atoms with van der Waals surface area (Å²) < 4.78 is 0. The molecule has 2 heterocycles. The van der Waals surface area contributed by atoms with Crippen molar-refractivity contribution in [3.63, 3.8) is 0 Å². The number of rotatable bonds is 2. The number of aliphatic hydroxyl groups excluding tert-OH is 1. The quantitative estimate of drug-likeness (QED) is 0.760. The predicted octanol–water partition coefficient (Wildman–Crippen LogP) is 3.02. The summed E-state index contributed by atoms with van der Waals surface area (Å²) in [7, 11) is 0. The van der Waals surface area contributed by atoms with E-state index in [1.54, 1.807) is 12.4 Å². The zero-order valence-corrected chi connectivity index (χ0v) is 10.6. The molecule has 0 fully saturated rings. The molecule has 3 nitrogen and oxygen atoms in total. The Bertz CT molecular complexity index is 702. The third-order valence-electron chi connectivity index (χ3n) is 3.23. The van der Waals surface area contributed by atoms with Gasteiger partial charge in [-0.05, 0) is 30.7 Å². The van der Waals surface area contributed by atoms with Crippen LogP contribution in [-0.4, -0.2) is 15.1 Å². The van der Waals surface area contributed by atoms with E-state index in [2.05, 4.69) is 9.97 Å². The van der Waals surface area contributed by atoms with Crippen LogP contribution in [0.25, 0.3) is 10.9 Å². The fourth-order valence-electron chi connectivity index (χ4n) is 2.18. The first kappa shape index (κ1) is 11.8. The summed E-state index contributed by atoms with van der Waals surface area (Å²) in [5, 5.41) is 11.5. The molecule has 0 amide bonds. The Morgan fingerprint density at radius 2 is 1.84 bits per heavy atom. The van der Waals surface area contributed by atoms with Crippen molar-refractivity contribution in [1.82, 2.24) is 9.97 Å². The number of hydrogen-bond donors (Lipinski definition) is 1. The molecule has 0 aliphatic carbocycles. The van der Waals surface area contributed by atoms with Crippen LogP contribution in [0.3, 0.4) is 0 Å². The van der Waals surface area contributed by atoms with Crippen LogP contribution in [0.1, 0.15) is 22.9 Å². The van der Waals surface area contributed by atoms with Crippen molar-refractivity contribution in [2.45, 2.75) is 13.0 Å². The Kier molecular flexibility index (Phi) is 2.97. The number of hydrogen-bond acceptors (Lipinski definition) is 3. The Labute approximate surface area is 111 Å². The Morgan fingerprint density at radius 3 is 2.63 bits per heavy atom. The van der Waals surface area contributed by atoms with E-state index in [0.29, 0.717) is 0 Å². The summed E-state index contributed by atoms with van der Waals surface area (Å²) in [4.78, 5) is 8.54. The van der Waals surface area contributed by atoms with Gasteiger partial charge in [-0.25, -0.2) is 0 Å². The van der Waals surface area contributed by atoms with Gasteiger partial charge in [0.15, 0.2) is 0 Å². The van der Waals surface area contributed by atoms with Crippen LogP contribution >= 0.6 is 0 Å². The number of benzene rings is 1. The fraction of sp³-hybridized carbons (Fsp3) is 0.125. The van der Waals surface area contributed by atoms with Gasteiger partial charge in [-0.1, -0.05) is 24.3 Å². The molecule has 1 N–H and O–H groups in total. The summed E-state index contributed by atoms with van der Waals surface area (Å²) in [5.41, 5.74) is 3.48. The van der Waals surface area contributed by atoms with Gasteiger partial charge < -0.3 is 5.11 Å². The molecular weight excluding hydrogens is 236 g/mol. The highest BCUT2D eigenvalue weighted by Crippen LogP contribution is 2.27. The summed E-state index contributed by atoms with van der Waals surface area (Å²) in [6.07, 6.45) is 2.76. The first-order valence-corrected chi connectivity index (χ1v) is 6.20.